The molecule has 1 atom stereocenters. The minimum absolute atomic E-state index is 0.0487. The van der Waals surface area contributed by atoms with E-state index in [2.05, 4.69) is 5.32 Å². The number of esters is 1. The molecule has 4 amide bonds. The number of ether oxygens (including phenoxy) is 1. The van der Waals surface area contributed by atoms with E-state index in [1.807, 2.05) is 0 Å². The number of carbonyl (C=O) groups is 4. The molecule has 1 saturated heterocycles. The second-order valence-electron chi connectivity index (χ2n) is 7.56. The molecule has 0 aliphatic carbocycles. The van der Waals surface area contributed by atoms with Crippen molar-refractivity contribution in [1.29, 1.82) is 0 Å². The summed E-state index contributed by atoms with van der Waals surface area (Å²) in [5.41, 5.74) is 1.24. The van der Waals surface area contributed by atoms with Gasteiger partial charge in [0.15, 0.2) is 0 Å². The van der Waals surface area contributed by atoms with Crippen molar-refractivity contribution in [3.63, 3.8) is 0 Å². The smallest absolute Gasteiger partial charge is 0.338 e. The van der Waals surface area contributed by atoms with Crippen LogP contribution in [-0.2, 0) is 20.9 Å². The lowest BCUT2D eigenvalue weighted by molar-refractivity contribution is -0.124. The fraction of sp³-hybridized carbons (Fsp3) is 0.200. The lowest BCUT2D eigenvalue weighted by Gasteiger charge is -2.20. The van der Waals surface area contributed by atoms with Crippen molar-refractivity contribution in [2.75, 3.05) is 16.8 Å². The van der Waals surface area contributed by atoms with Gasteiger partial charge in [-0.2, -0.15) is 0 Å². The van der Waals surface area contributed by atoms with Crippen LogP contribution in [0.3, 0.4) is 0 Å². The third kappa shape index (κ3) is 4.83. The zero-order valence-electron chi connectivity index (χ0n) is 18.5. The summed E-state index contributed by atoms with van der Waals surface area (Å²) in [6, 6.07) is 16.7. The molecule has 1 fully saturated rings. The molecule has 3 aromatic rings. The number of nitrogens with zero attached hydrogens (tertiary/aromatic N) is 2. The highest BCUT2D eigenvalue weighted by Crippen LogP contribution is 2.28. The van der Waals surface area contributed by atoms with Crippen LogP contribution in [0.25, 0.3) is 0 Å². The van der Waals surface area contributed by atoms with Crippen LogP contribution in [0.15, 0.2) is 77.4 Å². The Morgan fingerprint density at radius 3 is 2.38 bits per heavy atom. The predicted molar refractivity (Wildman–Crippen MR) is 123 cm³/mol. The summed E-state index contributed by atoms with van der Waals surface area (Å²) in [5.74, 6) is -0.897. The van der Waals surface area contributed by atoms with Crippen molar-refractivity contribution in [1.82, 2.24) is 4.90 Å². The number of urea groups is 1. The number of anilines is 2. The molecule has 9 nitrogen and oxygen atoms in total. The first-order valence-corrected chi connectivity index (χ1v) is 10.8. The van der Waals surface area contributed by atoms with Gasteiger partial charge in [0.25, 0.3) is 5.91 Å². The van der Waals surface area contributed by atoms with E-state index in [-0.39, 0.29) is 19.6 Å². The lowest BCUT2D eigenvalue weighted by Crippen LogP contribution is -2.37. The lowest BCUT2D eigenvalue weighted by atomic mass is 10.1. The number of rotatable bonds is 8. The molecule has 2 heterocycles. The Balaban J connectivity index is 1.50. The topological polar surface area (TPSA) is 109 Å². The van der Waals surface area contributed by atoms with Gasteiger partial charge in [-0.05, 0) is 55.5 Å². The third-order valence-corrected chi connectivity index (χ3v) is 5.30. The van der Waals surface area contributed by atoms with Crippen LogP contribution in [-0.4, -0.2) is 41.4 Å². The van der Waals surface area contributed by atoms with E-state index in [4.69, 9.17) is 9.15 Å². The Morgan fingerprint density at radius 2 is 1.74 bits per heavy atom. The summed E-state index contributed by atoms with van der Waals surface area (Å²) in [7, 11) is 0. The molecule has 2 aromatic carbocycles. The van der Waals surface area contributed by atoms with Crippen LogP contribution >= 0.6 is 0 Å². The molecule has 0 unspecified atom stereocenters. The Bertz CT molecular complexity index is 1180. The van der Waals surface area contributed by atoms with Gasteiger partial charge in [0.1, 0.15) is 11.8 Å². The average molecular weight is 461 g/mol. The summed E-state index contributed by atoms with van der Waals surface area (Å²) in [6.45, 7) is 2.03. The van der Waals surface area contributed by atoms with Crippen molar-refractivity contribution in [2.24, 2.45) is 0 Å². The van der Waals surface area contributed by atoms with Gasteiger partial charge in [-0.15, -0.1) is 0 Å². The number of para-hydroxylation sites is 1. The summed E-state index contributed by atoms with van der Waals surface area (Å²) < 4.78 is 10.3. The minimum atomic E-state index is -1.00. The molecule has 1 aliphatic heterocycles. The predicted octanol–water partition coefficient (Wildman–Crippen LogP) is 3.82. The molecule has 1 aliphatic rings. The summed E-state index contributed by atoms with van der Waals surface area (Å²) >= 11 is 0. The number of amides is 4. The highest BCUT2D eigenvalue weighted by atomic mass is 16.5. The van der Waals surface area contributed by atoms with Crippen molar-refractivity contribution >= 4 is 35.2 Å². The number of benzene rings is 2. The van der Waals surface area contributed by atoms with Gasteiger partial charge in [-0.25, -0.2) is 14.5 Å². The normalized spacial score (nSPS) is 15.5. The average Bonchev–Trinajstić information content (AvgIpc) is 3.43. The van der Waals surface area contributed by atoms with Crippen molar-refractivity contribution < 1.29 is 28.3 Å². The van der Waals surface area contributed by atoms with E-state index >= 15 is 0 Å². The molecule has 0 saturated carbocycles. The molecule has 34 heavy (non-hydrogen) atoms. The molecule has 174 valence electrons. The van der Waals surface area contributed by atoms with E-state index in [1.54, 1.807) is 61.5 Å². The number of furan rings is 1. The fourth-order valence-electron chi connectivity index (χ4n) is 3.69. The van der Waals surface area contributed by atoms with Crippen LogP contribution in [0.2, 0.25) is 0 Å². The zero-order valence-corrected chi connectivity index (χ0v) is 18.5. The summed E-state index contributed by atoms with van der Waals surface area (Å²) in [6.07, 6.45) is 1.24. The van der Waals surface area contributed by atoms with E-state index in [1.165, 1.54) is 23.3 Å². The first kappa shape index (κ1) is 22.8. The highest BCUT2D eigenvalue weighted by Gasteiger charge is 2.46. The first-order chi connectivity index (χ1) is 16.5. The molecular formula is C25H23N3O6. The van der Waals surface area contributed by atoms with E-state index < -0.39 is 29.9 Å². The number of hydrogen-bond acceptors (Lipinski definition) is 6. The maximum Gasteiger partial charge on any atom is 0.338 e. The van der Waals surface area contributed by atoms with Gasteiger partial charge in [0.05, 0.1) is 37.1 Å². The molecule has 0 bridgehead atoms. The number of nitrogens with one attached hydrogen (secondary N) is 1. The van der Waals surface area contributed by atoms with Crippen molar-refractivity contribution in [3.8, 4) is 0 Å². The minimum Gasteiger partial charge on any atom is -0.467 e. The zero-order chi connectivity index (χ0) is 24.1. The maximum absolute atomic E-state index is 13.2. The molecule has 4 rings (SSSR count). The van der Waals surface area contributed by atoms with Crippen molar-refractivity contribution in [2.45, 2.75) is 25.9 Å². The number of hydrogen-bond donors (Lipinski definition) is 1. The largest absolute Gasteiger partial charge is 0.467 e. The van der Waals surface area contributed by atoms with Crippen molar-refractivity contribution in [3.05, 3.63) is 84.3 Å². The Kier molecular flexibility index (Phi) is 6.72. The maximum atomic E-state index is 13.2. The number of imide groups is 1. The second-order valence-corrected chi connectivity index (χ2v) is 7.56. The molecule has 1 N–H and O–H groups in total. The van der Waals surface area contributed by atoms with Crippen LogP contribution in [0.4, 0.5) is 16.2 Å². The molecule has 1 aromatic heterocycles. The van der Waals surface area contributed by atoms with Crippen LogP contribution in [0.1, 0.15) is 29.5 Å². The number of carbonyl (C=O) groups excluding carboxylic acids is 4. The van der Waals surface area contributed by atoms with Gasteiger partial charge >= 0.3 is 12.0 Å². The van der Waals surface area contributed by atoms with Crippen LogP contribution in [0.5, 0.6) is 0 Å². The van der Waals surface area contributed by atoms with Gasteiger partial charge in [-0.3, -0.25) is 9.59 Å². The highest BCUT2D eigenvalue weighted by molar-refractivity contribution is 6.22. The van der Waals surface area contributed by atoms with Crippen LogP contribution in [0, 0.1) is 0 Å². The Labute approximate surface area is 195 Å². The molecule has 0 radical (unpaired) electrons. The Hall–Kier alpha value is -4.40. The standard InChI is InChI=1S/C25H23N3O6/c1-2-33-24(31)17-10-12-18(13-11-17)26-22(29)15-21-23(30)28(19-7-4-3-5-8-19)25(32)27(21)16-20-9-6-14-34-20/h3-14,21H,2,15-16H2,1H3,(H,26,29)/t21-/m1/s1. The quantitative estimate of drug-likeness (QED) is 0.403. The van der Waals surface area contributed by atoms with Gasteiger partial charge in [0.2, 0.25) is 5.91 Å². The van der Waals surface area contributed by atoms with E-state index in [0.717, 1.165) is 4.90 Å². The monoisotopic (exact) mass is 461 g/mol. The van der Waals surface area contributed by atoms with E-state index in [9.17, 15) is 19.2 Å². The third-order valence-electron chi connectivity index (χ3n) is 5.30. The summed E-state index contributed by atoms with van der Waals surface area (Å²) in [5, 5.41) is 2.71. The van der Waals surface area contributed by atoms with Crippen LogP contribution < -0.4 is 10.2 Å². The molecule has 9 heteroatoms. The molecular weight excluding hydrogens is 438 g/mol. The van der Waals surface area contributed by atoms with Gasteiger partial charge < -0.3 is 19.4 Å². The Morgan fingerprint density at radius 1 is 1.00 bits per heavy atom. The SMILES string of the molecule is CCOC(=O)c1ccc(NC(=O)C[C@@H]2C(=O)N(c3ccccc3)C(=O)N2Cc2ccco2)cc1. The second kappa shape index (κ2) is 10.0. The summed E-state index contributed by atoms with van der Waals surface area (Å²) in [4.78, 5) is 53.4. The van der Waals surface area contributed by atoms with Gasteiger partial charge in [0, 0.05) is 5.69 Å². The molecule has 0 spiro atoms. The van der Waals surface area contributed by atoms with Gasteiger partial charge in [-0.1, -0.05) is 18.2 Å². The van der Waals surface area contributed by atoms with E-state index in [0.29, 0.717) is 22.7 Å². The fourth-order valence-corrected chi connectivity index (χ4v) is 3.69. The first-order valence-electron chi connectivity index (χ1n) is 10.8.